The van der Waals surface area contributed by atoms with Crippen molar-refractivity contribution in [2.75, 3.05) is 32.1 Å². The van der Waals surface area contributed by atoms with Crippen LogP contribution in [0, 0.1) is 5.82 Å². The zero-order valence-electron chi connectivity index (χ0n) is 15.0. The lowest BCUT2D eigenvalue weighted by Crippen LogP contribution is -2.57. The molecule has 2 amide bonds. The van der Waals surface area contributed by atoms with E-state index in [2.05, 4.69) is 5.32 Å². The van der Waals surface area contributed by atoms with Crippen LogP contribution in [0.1, 0.15) is 18.4 Å². The molecule has 4 rings (SSSR count). The molecular weight excluding hydrogens is 371 g/mol. The van der Waals surface area contributed by atoms with Gasteiger partial charge in [-0.2, -0.15) is 0 Å². The van der Waals surface area contributed by atoms with Gasteiger partial charge in [-0.25, -0.2) is 4.39 Å². The summed E-state index contributed by atoms with van der Waals surface area (Å²) in [4.78, 5) is 27.0. The smallest absolute Gasteiger partial charge is 0.246 e. The molecule has 0 unspecified atom stereocenters. The molecule has 27 heavy (non-hydrogen) atoms. The molecule has 146 valence electrons. The van der Waals surface area contributed by atoms with Crippen LogP contribution in [0.3, 0.4) is 0 Å². The molecule has 3 heterocycles. The van der Waals surface area contributed by atoms with Crippen LogP contribution in [0.4, 0.5) is 4.39 Å². The molecule has 2 atom stereocenters. The Morgan fingerprint density at radius 3 is 2.63 bits per heavy atom. The number of likely N-dealkylation sites (tertiary alicyclic amines) is 1. The number of halogens is 1. The molecule has 0 aromatic heterocycles. The third-order valence-electron chi connectivity index (χ3n) is 5.38. The maximum Gasteiger partial charge on any atom is 0.246 e. The quantitative estimate of drug-likeness (QED) is 0.838. The minimum Gasteiger partial charge on any atom is -0.347 e. The molecule has 1 N–H and O–H groups in total. The van der Waals surface area contributed by atoms with E-state index >= 15 is 0 Å². The van der Waals surface area contributed by atoms with Gasteiger partial charge in [-0.1, -0.05) is 18.2 Å². The van der Waals surface area contributed by atoms with Gasteiger partial charge in [0, 0.05) is 31.7 Å². The second kappa shape index (κ2) is 7.77. The van der Waals surface area contributed by atoms with Crippen LogP contribution in [-0.2, 0) is 25.5 Å². The molecule has 8 heteroatoms. The molecule has 0 bridgehead atoms. The first-order valence-corrected chi connectivity index (χ1v) is 10.3. The zero-order chi connectivity index (χ0) is 18.9. The number of hydrogen-bond acceptors (Lipinski definition) is 5. The highest BCUT2D eigenvalue weighted by atomic mass is 32.2. The highest BCUT2D eigenvalue weighted by molar-refractivity contribution is 8.00. The van der Waals surface area contributed by atoms with Crippen LogP contribution >= 0.6 is 11.8 Å². The van der Waals surface area contributed by atoms with E-state index in [0.717, 1.165) is 0 Å². The van der Waals surface area contributed by atoms with E-state index in [9.17, 15) is 14.0 Å². The van der Waals surface area contributed by atoms with Crippen molar-refractivity contribution >= 4 is 23.6 Å². The number of ether oxygens (including phenoxy) is 2. The van der Waals surface area contributed by atoms with E-state index in [4.69, 9.17) is 9.47 Å². The fraction of sp³-hybridized carbons (Fsp3) is 0.579. The third-order valence-corrected chi connectivity index (χ3v) is 6.69. The van der Waals surface area contributed by atoms with Gasteiger partial charge in [0.25, 0.3) is 0 Å². The van der Waals surface area contributed by atoms with Crippen LogP contribution in [0.2, 0.25) is 0 Å². The lowest BCUT2D eigenvalue weighted by molar-refractivity contribution is -0.187. The van der Waals surface area contributed by atoms with E-state index in [-0.39, 0.29) is 22.9 Å². The average molecular weight is 394 g/mol. The van der Waals surface area contributed by atoms with Crippen LogP contribution in [-0.4, -0.2) is 65.8 Å². The number of nitrogens with zero attached hydrogens (tertiary/aromatic N) is 1. The molecule has 6 nitrogen and oxygen atoms in total. The summed E-state index contributed by atoms with van der Waals surface area (Å²) in [7, 11) is 0. The van der Waals surface area contributed by atoms with E-state index in [1.54, 1.807) is 23.1 Å². The monoisotopic (exact) mass is 394 g/mol. The summed E-state index contributed by atoms with van der Waals surface area (Å²) >= 11 is 1.42. The highest BCUT2D eigenvalue weighted by Crippen LogP contribution is 2.32. The van der Waals surface area contributed by atoms with Crippen LogP contribution < -0.4 is 5.32 Å². The Bertz CT molecular complexity index is 715. The van der Waals surface area contributed by atoms with Crippen LogP contribution in [0.5, 0.6) is 0 Å². The molecular formula is C19H23FN2O4S. The first kappa shape index (κ1) is 18.7. The number of carbonyl (C=O) groups is 2. The second-order valence-corrected chi connectivity index (χ2v) is 8.35. The number of thioether (sulfide) groups is 1. The minimum atomic E-state index is -0.529. The molecule has 1 aromatic rings. The number of benzene rings is 1. The fourth-order valence-electron chi connectivity index (χ4n) is 3.82. The molecule has 0 saturated carbocycles. The molecule has 1 aromatic carbocycles. The predicted octanol–water partition coefficient (Wildman–Crippen LogP) is 1.33. The van der Waals surface area contributed by atoms with Crippen LogP contribution in [0.15, 0.2) is 24.3 Å². The number of hydrogen-bond donors (Lipinski definition) is 1. The Morgan fingerprint density at radius 2 is 1.96 bits per heavy atom. The van der Waals surface area contributed by atoms with Gasteiger partial charge in [0.1, 0.15) is 11.9 Å². The molecule has 3 aliphatic heterocycles. The Labute approximate surface area is 161 Å². The third kappa shape index (κ3) is 3.97. The number of rotatable bonds is 3. The van der Waals surface area contributed by atoms with E-state index in [1.165, 1.54) is 17.8 Å². The topological polar surface area (TPSA) is 67.9 Å². The van der Waals surface area contributed by atoms with Gasteiger partial charge in [-0.05, 0) is 18.1 Å². The van der Waals surface area contributed by atoms with E-state index < -0.39 is 11.8 Å². The van der Waals surface area contributed by atoms with Crippen molar-refractivity contribution in [2.45, 2.75) is 36.3 Å². The summed E-state index contributed by atoms with van der Waals surface area (Å²) in [5.41, 5.74) is 0.521. The van der Waals surface area contributed by atoms with Crippen molar-refractivity contribution in [3.63, 3.8) is 0 Å². The highest BCUT2D eigenvalue weighted by Gasteiger charge is 2.42. The summed E-state index contributed by atoms with van der Waals surface area (Å²) in [6.07, 6.45) is 1.63. The van der Waals surface area contributed by atoms with Crippen molar-refractivity contribution < 1.29 is 23.5 Å². The van der Waals surface area contributed by atoms with Crippen molar-refractivity contribution in [3.8, 4) is 0 Å². The summed E-state index contributed by atoms with van der Waals surface area (Å²) in [6.45, 7) is 2.34. The lowest BCUT2D eigenvalue weighted by Gasteiger charge is -2.39. The summed E-state index contributed by atoms with van der Waals surface area (Å²) in [5, 5.41) is 2.45. The van der Waals surface area contributed by atoms with Gasteiger partial charge < -0.3 is 19.7 Å². The standard InChI is InChI=1S/C19H23FN2O4S/c20-14-4-2-1-3-13(14)11-16-17(23)21-15(12-27-16)18(24)22-7-5-19(6-8-22)25-9-10-26-19/h1-4,15-16H,5-12H2,(H,21,23)/t15-,16+/m0/s1. The predicted molar refractivity (Wildman–Crippen MR) is 98.7 cm³/mol. The van der Waals surface area contributed by atoms with Gasteiger partial charge in [0.2, 0.25) is 11.8 Å². The Hall–Kier alpha value is -1.64. The van der Waals surface area contributed by atoms with Gasteiger partial charge >= 0.3 is 0 Å². The average Bonchev–Trinajstić information content (AvgIpc) is 3.13. The molecule has 3 aliphatic rings. The van der Waals surface area contributed by atoms with Crippen molar-refractivity contribution in [3.05, 3.63) is 35.6 Å². The summed E-state index contributed by atoms with van der Waals surface area (Å²) in [6, 6.07) is 5.95. The number of amides is 2. The zero-order valence-corrected chi connectivity index (χ0v) is 15.8. The Kier molecular flexibility index (Phi) is 5.39. The van der Waals surface area contributed by atoms with E-state index in [0.29, 0.717) is 56.9 Å². The second-order valence-electron chi connectivity index (χ2n) is 7.11. The van der Waals surface area contributed by atoms with Gasteiger partial charge in [0.15, 0.2) is 5.79 Å². The van der Waals surface area contributed by atoms with E-state index in [1.807, 2.05) is 0 Å². The summed E-state index contributed by atoms with van der Waals surface area (Å²) < 4.78 is 25.2. The maximum atomic E-state index is 13.8. The molecule has 0 radical (unpaired) electrons. The molecule has 1 spiro atoms. The minimum absolute atomic E-state index is 0.0620. The number of piperidine rings is 1. The maximum absolute atomic E-state index is 13.8. The van der Waals surface area contributed by atoms with Crippen LogP contribution in [0.25, 0.3) is 0 Å². The van der Waals surface area contributed by atoms with Crippen molar-refractivity contribution in [1.29, 1.82) is 0 Å². The largest absolute Gasteiger partial charge is 0.347 e. The number of carbonyl (C=O) groups excluding carboxylic acids is 2. The molecule has 3 fully saturated rings. The van der Waals surface area contributed by atoms with Gasteiger partial charge in [0.05, 0.1) is 18.5 Å². The van der Waals surface area contributed by atoms with Crippen molar-refractivity contribution in [2.24, 2.45) is 0 Å². The fourth-order valence-corrected chi connectivity index (χ4v) is 4.98. The normalized spacial score (nSPS) is 27.6. The Balaban J connectivity index is 1.31. The molecule has 0 aliphatic carbocycles. The first-order chi connectivity index (χ1) is 13.1. The van der Waals surface area contributed by atoms with Gasteiger partial charge in [-0.3, -0.25) is 9.59 Å². The van der Waals surface area contributed by atoms with Gasteiger partial charge in [-0.15, -0.1) is 11.8 Å². The first-order valence-electron chi connectivity index (χ1n) is 9.28. The Morgan fingerprint density at radius 1 is 1.26 bits per heavy atom. The number of nitrogens with one attached hydrogen (secondary N) is 1. The van der Waals surface area contributed by atoms with Crippen molar-refractivity contribution in [1.82, 2.24) is 10.2 Å². The summed E-state index contributed by atoms with van der Waals surface area (Å²) in [5.74, 6) is -0.593. The SMILES string of the molecule is O=C1N[C@H](C(=O)N2CCC3(CC2)OCCO3)CS[C@@H]1Cc1ccccc1F. The molecule has 3 saturated heterocycles. The lowest BCUT2D eigenvalue weighted by atomic mass is 10.0.